The summed E-state index contributed by atoms with van der Waals surface area (Å²) in [6.07, 6.45) is 2.60. The summed E-state index contributed by atoms with van der Waals surface area (Å²) in [5.74, 6) is -0.682. The van der Waals surface area contributed by atoms with Gasteiger partial charge >= 0.3 is 5.97 Å². The lowest BCUT2D eigenvalue weighted by Crippen LogP contribution is -2.14. The van der Waals surface area contributed by atoms with Gasteiger partial charge in [0.15, 0.2) is 0 Å². The Hall–Kier alpha value is -3.17. The summed E-state index contributed by atoms with van der Waals surface area (Å²) >= 11 is 6.20. The van der Waals surface area contributed by atoms with Crippen LogP contribution in [0, 0.1) is 0 Å². The Morgan fingerprint density at radius 1 is 1.18 bits per heavy atom. The molecule has 0 N–H and O–H groups in total. The van der Waals surface area contributed by atoms with Crippen LogP contribution in [-0.4, -0.2) is 35.7 Å². The first kappa shape index (κ1) is 18.2. The van der Waals surface area contributed by atoms with E-state index < -0.39 is 16.0 Å². The maximum atomic E-state index is 13.0. The summed E-state index contributed by atoms with van der Waals surface area (Å²) < 4.78 is 36.8. The lowest BCUT2D eigenvalue weighted by Gasteiger charge is -2.07. The smallest absolute Gasteiger partial charge is 0.375 e. The lowest BCUT2D eigenvalue weighted by atomic mass is 10.1. The van der Waals surface area contributed by atoms with Crippen LogP contribution in [0.1, 0.15) is 10.6 Å². The lowest BCUT2D eigenvalue weighted by molar-refractivity contribution is 0.0566. The highest BCUT2D eigenvalue weighted by Crippen LogP contribution is 2.33. The molecule has 0 aliphatic rings. The fourth-order valence-corrected chi connectivity index (χ4v) is 4.22. The zero-order valence-corrected chi connectivity index (χ0v) is 15.9. The first-order valence-corrected chi connectivity index (χ1v) is 9.76. The maximum Gasteiger partial charge on any atom is 0.375 e. The van der Waals surface area contributed by atoms with E-state index in [0.29, 0.717) is 10.9 Å². The quantitative estimate of drug-likeness (QED) is 0.469. The highest BCUT2D eigenvalue weighted by molar-refractivity contribution is 7.90. The molecule has 2 heterocycles. The van der Waals surface area contributed by atoms with Gasteiger partial charge in [-0.1, -0.05) is 29.8 Å². The first-order valence-electron chi connectivity index (χ1n) is 7.94. The summed E-state index contributed by atoms with van der Waals surface area (Å²) in [5, 5.41) is 4.74. The predicted molar refractivity (Wildman–Crippen MR) is 101 cm³/mol. The molecule has 28 heavy (non-hydrogen) atoms. The molecular formula is C18H12ClN3O5S. The Labute approximate surface area is 164 Å². The standard InChI is InChI=1S/C18H12ClN3O5S/c1-26-18(23)16-10-20-17(27-16)13-7-11(19)8-15-14(13)9-21-22(15)28(24,25)12-5-3-2-4-6-12/h2-10H,1H3. The number of hydrogen-bond donors (Lipinski definition) is 0. The summed E-state index contributed by atoms with van der Waals surface area (Å²) in [4.78, 5) is 15.8. The Kier molecular flexibility index (Phi) is 4.40. The Morgan fingerprint density at radius 2 is 1.93 bits per heavy atom. The van der Waals surface area contributed by atoms with Gasteiger partial charge in [-0.05, 0) is 24.3 Å². The number of benzene rings is 2. The summed E-state index contributed by atoms with van der Waals surface area (Å²) in [6.45, 7) is 0. The minimum Gasteiger partial charge on any atom is -0.463 e. The van der Waals surface area contributed by atoms with Gasteiger partial charge in [0.25, 0.3) is 10.0 Å². The number of aromatic nitrogens is 3. The Bertz CT molecular complexity index is 1300. The topological polar surface area (TPSA) is 104 Å². The van der Waals surface area contributed by atoms with Gasteiger partial charge in [-0.25, -0.2) is 9.78 Å². The van der Waals surface area contributed by atoms with Crippen molar-refractivity contribution in [3.63, 3.8) is 0 Å². The molecule has 0 fully saturated rings. The molecule has 0 amide bonds. The molecule has 0 bridgehead atoms. The summed E-state index contributed by atoms with van der Waals surface area (Å²) in [6, 6.07) is 11.0. The highest BCUT2D eigenvalue weighted by atomic mass is 35.5. The van der Waals surface area contributed by atoms with Gasteiger partial charge in [-0.3, -0.25) is 0 Å². The van der Waals surface area contributed by atoms with E-state index in [1.165, 1.54) is 37.7 Å². The number of esters is 1. The van der Waals surface area contributed by atoms with Gasteiger partial charge < -0.3 is 9.15 Å². The second-order valence-electron chi connectivity index (χ2n) is 5.71. The molecule has 10 heteroatoms. The van der Waals surface area contributed by atoms with Crippen LogP contribution in [0.15, 0.2) is 64.2 Å². The fourth-order valence-electron chi connectivity index (χ4n) is 2.72. The van der Waals surface area contributed by atoms with Crippen molar-refractivity contribution in [1.29, 1.82) is 0 Å². The molecule has 0 radical (unpaired) electrons. The van der Waals surface area contributed by atoms with E-state index in [0.717, 1.165) is 4.09 Å². The largest absolute Gasteiger partial charge is 0.463 e. The van der Waals surface area contributed by atoms with Crippen LogP contribution in [0.2, 0.25) is 5.02 Å². The predicted octanol–water partition coefficient (Wildman–Crippen LogP) is 3.37. The molecule has 2 aromatic heterocycles. The molecule has 2 aromatic carbocycles. The van der Waals surface area contributed by atoms with E-state index in [9.17, 15) is 13.2 Å². The molecule has 142 valence electrons. The van der Waals surface area contributed by atoms with E-state index in [1.54, 1.807) is 24.3 Å². The number of hydrogen-bond acceptors (Lipinski definition) is 7. The van der Waals surface area contributed by atoms with Crippen molar-refractivity contribution >= 4 is 38.5 Å². The van der Waals surface area contributed by atoms with Gasteiger partial charge in [0.2, 0.25) is 11.7 Å². The first-order chi connectivity index (χ1) is 13.4. The molecule has 0 spiro atoms. The van der Waals surface area contributed by atoms with Gasteiger partial charge in [0, 0.05) is 16.0 Å². The monoisotopic (exact) mass is 417 g/mol. The second-order valence-corrected chi connectivity index (χ2v) is 7.92. The van der Waals surface area contributed by atoms with Crippen LogP contribution >= 0.6 is 11.6 Å². The zero-order chi connectivity index (χ0) is 19.9. The van der Waals surface area contributed by atoms with Crippen LogP contribution < -0.4 is 0 Å². The Balaban J connectivity index is 1.91. The molecule has 0 aliphatic heterocycles. The molecule has 0 unspecified atom stereocenters. The third kappa shape index (κ3) is 2.94. The molecule has 0 saturated heterocycles. The van der Waals surface area contributed by atoms with Crippen molar-refractivity contribution in [3.05, 3.63) is 65.6 Å². The molecule has 0 aliphatic carbocycles. The number of rotatable bonds is 4. The van der Waals surface area contributed by atoms with Crippen LogP contribution in [0.3, 0.4) is 0 Å². The van der Waals surface area contributed by atoms with Crippen LogP contribution in [-0.2, 0) is 14.8 Å². The number of carbonyl (C=O) groups is 1. The molecule has 4 rings (SSSR count). The van der Waals surface area contributed by atoms with Crippen molar-refractivity contribution in [1.82, 2.24) is 14.2 Å². The van der Waals surface area contributed by atoms with Gasteiger partial charge in [-0.15, -0.1) is 0 Å². The van der Waals surface area contributed by atoms with Crippen molar-refractivity contribution in [2.24, 2.45) is 0 Å². The second kappa shape index (κ2) is 6.77. The van der Waals surface area contributed by atoms with Crippen LogP contribution in [0.4, 0.5) is 0 Å². The summed E-state index contributed by atoms with van der Waals surface area (Å²) in [7, 11) is -2.71. The van der Waals surface area contributed by atoms with E-state index in [2.05, 4.69) is 14.8 Å². The van der Waals surface area contributed by atoms with Crippen molar-refractivity contribution in [3.8, 4) is 11.5 Å². The molecular weight excluding hydrogens is 406 g/mol. The molecule has 4 aromatic rings. The van der Waals surface area contributed by atoms with Crippen LogP contribution in [0.5, 0.6) is 0 Å². The molecule has 8 nitrogen and oxygen atoms in total. The van der Waals surface area contributed by atoms with Crippen molar-refractivity contribution in [2.45, 2.75) is 4.90 Å². The normalized spacial score (nSPS) is 11.6. The zero-order valence-electron chi connectivity index (χ0n) is 14.4. The number of oxazole rings is 1. The van der Waals surface area contributed by atoms with Crippen molar-refractivity contribution in [2.75, 3.05) is 7.11 Å². The van der Waals surface area contributed by atoms with Crippen molar-refractivity contribution < 1.29 is 22.4 Å². The average Bonchev–Trinajstić information content (AvgIpc) is 3.35. The van der Waals surface area contributed by atoms with Gasteiger partial charge in [0.1, 0.15) is 0 Å². The maximum absolute atomic E-state index is 13.0. The number of fused-ring (bicyclic) bond motifs is 1. The number of methoxy groups -OCH3 is 1. The number of halogens is 1. The third-order valence-corrected chi connectivity index (χ3v) is 5.84. The van der Waals surface area contributed by atoms with E-state index in [4.69, 9.17) is 16.0 Å². The number of ether oxygens (including phenoxy) is 1. The van der Waals surface area contributed by atoms with Gasteiger partial charge in [0.05, 0.1) is 29.9 Å². The number of nitrogens with zero attached hydrogens (tertiary/aromatic N) is 3. The van der Waals surface area contributed by atoms with Crippen LogP contribution in [0.25, 0.3) is 22.4 Å². The van der Waals surface area contributed by atoms with E-state index in [1.807, 2.05) is 0 Å². The highest BCUT2D eigenvalue weighted by Gasteiger charge is 2.23. The minimum absolute atomic E-state index is 0.0876. The average molecular weight is 418 g/mol. The van der Waals surface area contributed by atoms with Gasteiger partial charge in [-0.2, -0.15) is 17.6 Å². The molecule has 0 saturated carbocycles. The summed E-state index contributed by atoms with van der Waals surface area (Å²) in [5.41, 5.74) is 0.649. The molecule has 0 atom stereocenters. The SMILES string of the molecule is COC(=O)c1cnc(-c2cc(Cl)cc3c2cnn3S(=O)(=O)c2ccccc2)o1. The van der Waals surface area contributed by atoms with E-state index >= 15 is 0 Å². The third-order valence-electron chi connectivity index (χ3n) is 4.01. The minimum atomic E-state index is -3.93. The van der Waals surface area contributed by atoms with E-state index in [-0.39, 0.29) is 27.1 Å². The Morgan fingerprint density at radius 3 is 2.64 bits per heavy atom. The fraction of sp³-hybridized carbons (Fsp3) is 0.0556. The number of carbonyl (C=O) groups excluding carboxylic acids is 1.